The molecule has 3 heteroatoms. The highest BCUT2D eigenvalue weighted by molar-refractivity contribution is 7.10. The third-order valence-corrected chi connectivity index (χ3v) is 5.40. The first-order chi connectivity index (χ1) is 9.50. The molecule has 0 fully saturated rings. The summed E-state index contributed by atoms with van der Waals surface area (Å²) in [5.74, 6) is 1.00. The molecule has 0 amide bonds. The maximum absolute atomic E-state index is 6.70. The van der Waals surface area contributed by atoms with Crippen molar-refractivity contribution in [2.75, 3.05) is 0 Å². The number of thiophene rings is 1. The van der Waals surface area contributed by atoms with Crippen molar-refractivity contribution in [3.8, 4) is 5.75 Å². The molecule has 0 saturated carbocycles. The molecule has 1 aromatic carbocycles. The Labute approximate surface area is 129 Å². The molecule has 0 aliphatic carbocycles. The monoisotopic (exact) mass is 306 g/mol. The topological polar surface area (TPSA) is 9.23 Å². The standard InChI is InChI=1S/C17H19ClOS/c1-4-11-7-8-20-16(11)15(18)12-5-6-14-13(9-12)10-17(2,3)19-14/h5-9,15H,4,10H2,1-3H3. The maximum Gasteiger partial charge on any atom is 0.123 e. The minimum atomic E-state index is -0.0969. The van der Waals surface area contributed by atoms with Crippen LogP contribution in [0.5, 0.6) is 5.75 Å². The van der Waals surface area contributed by atoms with Gasteiger partial charge in [-0.1, -0.05) is 19.1 Å². The molecule has 0 spiro atoms. The Kier molecular flexibility index (Phi) is 3.55. The van der Waals surface area contributed by atoms with Crippen molar-refractivity contribution >= 4 is 22.9 Å². The van der Waals surface area contributed by atoms with Gasteiger partial charge in [-0.25, -0.2) is 0 Å². The molecular formula is C17H19ClOS. The second-order valence-corrected chi connectivity index (χ2v) is 7.32. The van der Waals surface area contributed by atoms with E-state index in [0.717, 1.165) is 18.6 Å². The number of rotatable bonds is 3. The number of halogens is 1. The van der Waals surface area contributed by atoms with E-state index in [2.05, 4.69) is 50.4 Å². The van der Waals surface area contributed by atoms with Crippen LogP contribution in [0.1, 0.15) is 47.7 Å². The van der Waals surface area contributed by atoms with Crippen LogP contribution in [0.15, 0.2) is 29.6 Å². The number of alkyl halides is 1. The summed E-state index contributed by atoms with van der Waals surface area (Å²) >= 11 is 8.45. The molecule has 0 N–H and O–H groups in total. The third-order valence-electron chi connectivity index (χ3n) is 3.77. The van der Waals surface area contributed by atoms with E-state index in [-0.39, 0.29) is 11.0 Å². The average Bonchev–Trinajstić information content (AvgIpc) is 2.98. The van der Waals surface area contributed by atoms with Crippen molar-refractivity contribution in [2.24, 2.45) is 0 Å². The van der Waals surface area contributed by atoms with Gasteiger partial charge < -0.3 is 4.74 Å². The van der Waals surface area contributed by atoms with Gasteiger partial charge in [-0.05, 0) is 54.5 Å². The van der Waals surface area contributed by atoms with Gasteiger partial charge in [-0.3, -0.25) is 0 Å². The molecule has 0 bridgehead atoms. The second kappa shape index (κ2) is 5.09. The van der Waals surface area contributed by atoms with E-state index >= 15 is 0 Å². The van der Waals surface area contributed by atoms with Crippen LogP contribution in [0.25, 0.3) is 0 Å². The Balaban J connectivity index is 1.93. The van der Waals surface area contributed by atoms with Crippen LogP contribution >= 0.6 is 22.9 Å². The first-order valence-electron chi connectivity index (χ1n) is 7.02. The summed E-state index contributed by atoms with van der Waals surface area (Å²) in [5.41, 5.74) is 3.70. The molecule has 20 heavy (non-hydrogen) atoms. The molecule has 106 valence electrons. The summed E-state index contributed by atoms with van der Waals surface area (Å²) in [7, 11) is 0. The van der Waals surface area contributed by atoms with Crippen LogP contribution in [-0.2, 0) is 12.8 Å². The van der Waals surface area contributed by atoms with Gasteiger partial charge in [0, 0.05) is 11.3 Å². The third kappa shape index (κ3) is 2.47. The minimum Gasteiger partial charge on any atom is -0.487 e. The molecule has 1 unspecified atom stereocenters. The first kappa shape index (κ1) is 14.0. The molecule has 0 radical (unpaired) electrons. The van der Waals surface area contributed by atoms with Crippen molar-refractivity contribution in [1.82, 2.24) is 0 Å². The van der Waals surface area contributed by atoms with E-state index < -0.39 is 0 Å². The fraction of sp³-hybridized carbons (Fsp3) is 0.412. The quantitative estimate of drug-likeness (QED) is 0.694. The highest BCUT2D eigenvalue weighted by Gasteiger charge is 2.30. The van der Waals surface area contributed by atoms with Crippen molar-refractivity contribution in [3.05, 3.63) is 51.2 Å². The fourth-order valence-electron chi connectivity index (χ4n) is 2.80. The number of ether oxygens (including phenoxy) is 1. The van der Waals surface area contributed by atoms with Gasteiger partial charge >= 0.3 is 0 Å². The number of aryl methyl sites for hydroxylation is 1. The summed E-state index contributed by atoms with van der Waals surface area (Å²) in [4.78, 5) is 1.27. The lowest BCUT2D eigenvalue weighted by Crippen LogP contribution is -2.24. The van der Waals surface area contributed by atoms with Gasteiger partial charge in [0.25, 0.3) is 0 Å². The Morgan fingerprint density at radius 3 is 2.90 bits per heavy atom. The average molecular weight is 307 g/mol. The van der Waals surface area contributed by atoms with Crippen molar-refractivity contribution < 1.29 is 4.74 Å². The van der Waals surface area contributed by atoms with Gasteiger partial charge in [0.2, 0.25) is 0 Å². The van der Waals surface area contributed by atoms with E-state index in [1.54, 1.807) is 11.3 Å². The lowest BCUT2D eigenvalue weighted by Gasteiger charge is -2.16. The Bertz CT molecular complexity index is 630. The molecule has 1 aliphatic rings. The second-order valence-electron chi connectivity index (χ2n) is 5.93. The summed E-state index contributed by atoms with van der Waals surface area (Å²) in [6, 6.07) is 8.54. The van der Waals surface area contributed by atoms with Gasteiger partial charge in [0.05, 0.1) is 5.38 Å². The number of benzene rings is 1. The van der Waals surface area contributed by atoms with Gasteiger partial charge in [-0.2, -0.15) is 0 Å². The number of fused-ring (bicyclic) bond motifs is 1. The molecule has 3 rings (SSSR count). The van der Waals surface area contributed by atoms with Crippen LogP contribution in [0.2, 0.25) is 0 Å². The summed E-state index contributed by atoms with van der Waals surface area (Å²) in [6.07, 6.45) is 1.98. The summed E-state index contributed by atoms with van der Waals surface area (Å²) < 4.78 is 5.92. The van der Waals surface area contributed by atoms with E-state index in [9.17, 15) is 0 Å². The van der Waals surface area contributed by atoms with Crippen molar-refractivity contribution in [3.63, 3.8) is 0 Å². The van der Waals surface area contributed by atoms with E-state index in [0.29, 0.717) is 0 Å². The normalized spacial score (nSPS) is 17.6. The molecule has 2 heterocycles. The van der Waals surface area contributed by atoms with E-state index in [1.165, 1.54) is 21.6 Å². The predicted octanol–water partition coefficient (Wildman–Crippen LogP) is 5.35. The molecule has 1 nitrogen and oxygen atoms in total. The van der Waals surface area contributed by atoms with E-state index in [1.807, 2.05) is 0 Å². The highest BCUT2D eigenvalue weighted by atomic mass is 35.5. The SMILES string of the molecule is CCc1ccsc1C(Cl)c1ccc2c(c1)CC(C)(C)O2. The Hall–Kier alpha value is -0.990. The number of hydrogen-bond acceptors (Lipinski definition) is 2. The summed E-state index contributed by atoms with van der Waals surface area (Å²) in [6.45, 7) is 6.42. The maximum atomic E-state index is 6.70. The number of hydrogen-bond donors (Lipinski definition) is 0. The lowest BCUT2D eigenvalue weighted by molar-refractivity contribution is 0.138. The zero-order valence-corrected chi connectivity index (χ0v) is 13.6. The Morgan fingerprint density at radius 1 is 1.35 bits per heavy atom. The van der Waals surface area contributed by atoms with E-state index in [4.69, 9.17) is 16.3 Å². The van der Waals surface area contributed by atoms with Gasteiger partial charge in [0.15, 0.2) is 0 Å². The van der Waals surface area contributed by atoms with Crippen LogP contribution in [0.4, 0.5) is 0 Å². The summed E-state index contributed by atoms with van der Waals surface area (Å²) in [5, 5.41) is 2.07. The molecular weight excluding hydrogens is 288 g/mol. The molecule has 1 aromatic heterocycles. The van der Waals surface area contributed by atoms with Gasteiger partial charge in [-0.15, -0.1) is 22.9 Å². The van der Waals surface area contributed by atoms with Gasteiger partial charge in [0.1, 0.15) is 11.4 Å². The first-order valence-corrected chi connectivity index (χ1v) is 8.34. The molecule has 1 atom stereocenters. The van der Waals surface area contributed by atoms with Crippen molar-refractivity contribution in [2.45, 2.75) is 44.6 Å². The largest absolute Gasteiger partial charge is 0.487 e. The molecule has 1 aliphatic heterocycles. The molecule has 2 aromatic rings. The molecule has 0 saturated heterocycles. The highest BCUT2D eigenvalue weighted by Crippen LogP contribution is 2.40. The predicted molar refractivity (Wildman–Crippen MR) is 86.2 cm³/mol. The Morgan fingerprint density at radius 2 is 2.15 bits per heavy atom. The van der Waals surface area contributed by atoms with Crippen molar-refractivity contribution in [1.29, 1.82) is 0 Å². The smallest absolute Gasteiger partial charge is 0.123 e. The minimum absolute atomic E-state index is 0.0565. The lowest BCUT2D eigenvalue weighted by atomic mass is 9.98. The van der Waals surface area contributed by atoms with Crippen LogP contribution < -0.4 is 4.74 Å². The zero-order valence-electron chi connectivity index (χ0n) is 12.1. The van der Waals surface area contributed by atoms with Crippen LogP contribution in [-0.4, -0.2) is 5.60 Å². The van der Waals surface area contributed by atoms with Crippen LogP contribution in [0.3, 0.4) is 0 Å². The zero-order chi connectivity index (χ0) is 14.3. The van der Waals surface area contributed by atoms with Crippen LogP contribution in [0, 0.1) is 0 Å². The fourth-order valence-corrected chi connectivity index (χ4v) is 4.23.